The first-order chi connectivity index (χ1) is 6.97. The highest BCUT2D eigenvalue weighted by molar-refractivity contribution is 5.69. The fourth-order valence-corrected chi connectivity index (χ4v) is 1.21. The molecule has 1 unspecified atom stereocenters. The first-order valence-electron chi connectivity index (χ1n) is 4.11. The standard InChI is InChI=1S/C9H11N3O3/c1-2-8(13)6-3-5(10)4-7(9(6)11)12(14)15/h2-4,8,13H,1,10-11H2. The summed E-state index contributed by atoms with van der Waals surface area (Å²) in [6.07, 6.45) is 0.154. The number of aliphatic hydroxyl groups is 1. The molecule has 0 aliphatic rings. The molecule has 1 aromatic rings. The first kappa shape index (κ1) is 11.0. The molecule has 0 aliphatic carbocycles. The second-order valence-electron chi connectivity index (χ2n) is 2.98. The van der Waals surface area contributed by atoms with Gasteiger partial charge in [0.15, 0.2) is 0 Å². The molecule has 0 radical (unpaired) electrons. The van der Waals surface area contributed by atoms with Gasteiger partial charge in [-0.3, -0.25) is 10.1 Å². The molecule has 6 nitrogen and oxygen atoms in total. The van der Waals surface area contributed by atoms with Gasteiger partial charge in [0.2, 0.25) is 0 Å². The summed E-state index contributed by atoms with van der Waals surface area (Å²) in [5.74, 6) is 0. The first-order valence-corrected chi connectivity index (χ1v) is 4.11. The fourth-order valence-electron chi connectivity index (χ4n) is 1.21. The molecule has 0 spiro atoms. The number of hydrogen-bond acceptors (Lipinski definition) is 5. The number of hydrogen-bond donors (Lipinski definition) is 3. The maximum Gasteiger partial charge on any atom is 0.294 e. The van der Waals surface area contributed by atoms with Crippen LogP contribution in [0.1, 0.15) is 11.7 Å². The molecule has 0 aromatic heterocycles. The van der Waals surface area contributed by atoms with E-state index in [0.29, 0.717) is 0 Å². The molecule has 0 heterocycles. The van der Waals surface area contributed by atoms with Crippen LogP contribution >= 0.6 is 0 Å². The van der Waals surface area contributed by atoms with Gasteiger partial charge in [0.25, 0.3) is 5.69 Å². The summed E-state index contributed by atoms with van der Waals surface area (Å²) in [7, 11) is 0. The van der Waals surface area contributed by atoms with Crippen molar-refractivity contribution in [2.45, 2.75) is 6.10 Å². The van der Waals surface area contributed by atoms with Crippen LogP contribution in [0.2, 0.25) is 0 Å². The van der Waals surface area contributed by atoms with Crippen LogP contribution in [0, 0.1) is 10.1 Å². The Labute approximate surface area is 86.0 Å². The maximum atomic E-state index is 10.6. The molecule has 0 aliphatic heterocycles. The van der Waals surface area contributed by atoms with Crippen molar-refractivity contribution in [3.05, 3.63) is 40.5 Å². The largest absolute Gasteiger partial charge is 0.399 e. The Morgan fingerprint density at radius 2 is 2.13 bits per heavy atom. The van der Waals surface area contributed by atoms with Crippen LogP contribution in [-0.2, 0) is 0 Å². The van der Waals surface area contributed by atoms with Gasteiger partial charge in [-0.1, -0.05) is 6.08 Å². The van der Waals surface area contributed by atoms with Crippen molar-refractivity contribution in [3.63, 3.8) is 0 Å². The van der Waals surface area contributed by atoms with Crippen molar-refractivity contribution in [1.82, 2.24) is 0 Å². The van der Waals surface area contributed by atoms with E-state index in [1.807, 2.05) is 0 Å². The van der Waals surface area contributed by atoms with Crippen LogP contribution in [0.3, 0.4) is 0 Å². The van der Waals surface area contributed by atoms with Crippen LogP contribution in [0.5, 0.6) is 0 Å². The number of nitrogens with two attached hydrogens (primary N) is 2. The van der Waals surface area contributed by atoms with E-state index >= 15 is 0 Å². The molecule has 0 amide bonds. The summed E-state index contributed by atoms with van der Waals surface area (Å²) < 4.78 is 0. The van der Waals surface area contributed by atoms with Crippen LogP contribution in [-0.4, -0.2) is 10.0 Å². The maximum absolute atomic E-state index is 10.6. The molecular weight excluding hydrogens is 198 g/mol. The topological polar surface area (TPSA) is 115 Å². The van der Waals surface area contributed by atoms with E-state index in [-0.39, 0.29) is 22.6 Å². The van der Waals surface area contributed by atoms with Crippen LogP contribution in [0.25, 0.3) is 0 Å². The lowest BCUT2D eigenvalue weighted by molar-refractivity contribution is -0.383. The van der Waals surface area contributed by atoms with Crippen molar-refractivity contribution in [3.8, 4) is 0 Å². The van der Waals surface area contributed by atoms with Gasteiger partial charge in [-0.15, -0.1) is 6.58 Å². The number of nitrogens with zero attached hydrogens (tertiary/aromatic N) is 1. The molecule has 0 bridgehead atoms. The van der Waals surface area contributed by atoms with Crippen LogP contribution in [0.15, 0.2) is 24.8 Å². The third kappa shape index (κ3) is 2.05. The van der Waals surface area contributed by atoms with Gasteiger partial charge >= 0.3 is 0 Å². The number of anilines is 2. The third-order valence-corrected chi connectivity index (χ3v) is 1.95. The predicted molar refractivity (Wildman–Crippen MR) is 57.1 cm³/mol. The van der Waals surface area contributed by atoms with E-state index in [0.717, 1.165) is 6.07 Å². The van der Waals surface area contributed by atoms with Crippen molar-refractivity contribution in [2.75, 3.05) is 11.5 Å². The zero-order chi connectivity index (χ0) is 11.6. The molecular formula is C9H11N3O3. The molecule has 1 aromatic carbocycles. The monoisotopic (exact) mass is 209 g/mol. The van der Waals surface area contributed by atoms with E-state index < -0.39 is 11.0 Å². The van der Waals surface area contributed by atoms with Gasteiger partial charge in [0.05, 0.1) is 11.0 Å². The average Bonchev–Trinajstić information content (AvgIpc) is 2.19. The van der Waals surface area contributed by atoms with E-state index in [1.165, 1.54) is 12.1 Å². The molecule has 80 valence electrons. The van der Waals surface area contributed by atoms with Crippen molar-refractivity contribution < 1.29 is 10.0 Å². The Balaban J connectivity index is 3.40. The SMILES string of the molecule is C=CC(O)c1cc(N)cc([N+](=O)[O-])c1N. The number of benzene rings is 1. The van der Waals surface area contributed by atoms with Gasteiger partial charge in [-0.05, 0) is 6.07 Å². The summed E-state index contributed by atoms with van der Waals surface area (Å²) in [6.45, 7) is 3.37. The van der Waals surface area contributed by atoms with Gasteiger partial charge in [-0.2, -0.15) is 0 Å². The second-order valence-corrected chi connectivity index (χ2v) is 2.98. The highest BCUT2D eigenvalue weighted by Crippen LogP contribution is 2.32. The van der Waals surface area contributed by atoms with E-state index in [2.05, 4.69) is 6.58 Å². The molecule has 6 heteroatoms. The Morgan fingerprint density at radius 3 is 2.60 bits per heavy atom. The van der Waals surface area contributed by atoms with Crippen molar-refractivity contribution in [1.29, 1.82) is 0 Å². The fraction of sp³-hybridized carbons (Fsp3) is 0.111. The number of aliphatic hydroxyl groups excluding tert-OH is 1. The van der Waals surface area contributed by atoms with Crippen LogP contribution < -0.4 is 11.5 Å². The quantitative estimate of drug-likeness (QED) is 0.297. The van der Waals surface area contributed by atoms with Gasteiger partial charge in [0.1, 0.15) is 5.69 Å². The average molecular weight is 209 g/mol. The summed E-state index contributed by atoms with van der Waals surface area (Å²) in [5, 5.41) is 20.1. The number of nitro benzene ring substituents is 1. The lowest BCUT2D eigenvalue weighted by atomic mass is 10.0. The summed E-state index contributed by atoms with van der Waals surface area (Å²) in [6, 6.07) is 2.53. The van der Waals surface area contributed by atoms with E-state index in [4.69, 9.17) is 11.5 Å². The Hall–Kier alpha value is -2.08. The lowest BCUT2D eigenvalue weighted by Gasteiger charge is -2.10. The minimum absolute atomic E-state index is 0.0957. The summed E-state index contributed by atoms with van der Waals surface area (Å²) in [5.41, 5.74) is 10.9. The highest BCUT2D eigenvalue weighted by atomic mass is 16.6. The van der Waals surface area contributed by atoms with Gasteiger partial charge in [-0.25, -0.2) is 0 Å². The second kappa shape index (κ2) is 3.97. The molecule has 5 N–H and O–H groups in total. The molecule has 0 fully saturated rings. The molecule has 0 saturated carbocycles. The van der Waals surface area contributed by atoms with Crippen LogP contribution in [0.4, 0.5) is 17.1 Å². The normalized spacial score (nSPS) is 12.1. The smallest absolute Gasteiger partial charge is 0.294 e. The summed E-state index contributed by atoms with van der Waals surface area (Å²) in [4.78, 5) is 9.95. The third-order valence-electron chi connectivity index (χ3n) is 1.95. The molecule has 0 saturated heterocycles. The van der Waals surface area contributed by atoms with Crippen molar-refractivity contribution in [2.24, 2.45) is 0 Å². The van der Waals surface area contributed by atoms with E-state index in [9.17, 15) is 15.2 Å². The Kier molecular flexibility index (Phi) is 2.91. The van der Waals surface area contributed by atoms with Gasteiger partial charge in [0, 0.05) is 17.3 Å². The predicted octanol–water partition coefficient (Wildman–Crippen LogP) is 0.979. The minimum Gasteiger partial charge on any atom is -0.399 e. The van der Waals surface area contributed by atoms with Crippen molar-refractivity contribution >= 4 is 17.1 Å². The van der Waals surface area contributed by atoms with Gasteiger partial charge < -0.3 is 16.6 Å². The minimum atomic E-state index is -1.06. The molecule has 1 rings (SSSR count). The Bertz CT molecular complexity index is 417. The molecule has 1 atom stereocenters. The number of nitrogen functional groups attached to an aromatic ring is 2. The lowest BCUT2D eigenvalue weighted by Crippen LogP contribution is -2.05. The summed E-state index contributed by atoms with van der Waals surface area (Å²) >= 11 is 0. The molecule has 15 heavy (non-hydrogen) atoms. The zero-order valence-electron chi connectivity index (χ0n) is 7.88. The highest BCUT2D eigenvalue weighted by Gasteiger charge is 2.19. The Morgan fingerprint density at radius 1 is 1.53 bits per heavy atom. The number of nitro groups is 1. The zero-order valence-corrected chi connectivity index (χ0v) is 7.88. The number of rotatable bonds is 3. The van der Waals surface area contributed by atoms with E-state index in [1.54, 1.807) is 0 Å².